The van der Waals surface area contributed by atoms with Gasteiger partial charge in [0.25, 0.3) is 0 Å². The minimum Gasteiger partial charge on any atom is -0.462 e. The van der Waals surface area contributed by atoms with Gasteiger partial charge in [0, 0.05) is 12.8 Å². The number of ether oxygens (including phenoxy) is 7. The van der Waals surface area contributed by atoms with Gasteiger partial charge in [0.2, 0.25) is 11.8 Å². The van der Waals surface area contributed by atoms with Gasteiger partial charge < -0.3 is 83.8 Å². The molecule has 0 aliphatic carbocycles. The van der Waals surface area contributed by atoms with Crippen molar-refractivity contribution in [3.63, 3.8) is 0 Å². The number of rotatable bonds is 89. The van der Waals surface area contributed by atoms with Crippen molar-refractivity contribution in [3.8, 4) is 0 Å². The van der Waals surface area contributed by atoms with Crippen LogP contribution in [0, 0.1) is 0 Å². The molecule has 0 saturated carbocycles. The standard InChI is InChI=1S/C100H188N2O25P2/c1-7-13-19-25-31-37-39-41-43-49-55-61-67-73-89(108)120-83(71-65-59-53-47-35-29-23-17-11-5)77-88(107)102-94-98(125-92(111)78-84(72-66-60-54-48-36-30-24-18-12-6)121-90(109)74-68-62-56-50-44-42-40-38-32-26-20-14-8-2)96(126-128(113,114)115)85(79-103)122-99(94)119-80-86-95(112)97(124-91(110)76-82(105)70-64-58-52-46-34-28-22-16-10-4)93(100(123-86)127-129(116,117)118)101-87(106)75-81(104)69-63-57-51-45-33-27-21-15-9-3/h37,39,81-86,93-100,103-105,112H,7-36,38,40-80H2,1-6H3,(H,101,106)(H,102,107)(H2,113,114,115)(H2,116,117,118)/b39-37-/t81?,82?,83?,84?,85?,86?,93-,94-,95+,96?,97?,98?,99+,100?/m0/s1. The van der Waals surface area contributed by atoms with E-state index in [-0.39, 0.29) is 38.5 Å². The summed E-state index contributed by atoms with van der Waals surface area (Å²) >= 11 is 0. The maximum Gasteiger partial charge on any atom is 0.472 e. The first-order valence-corrected chi connectivity index (χ1v) is 55.4. The number of nitrogens with one attached hydrogen (secondary N) is 2. The Morgan fingerprint density at radius 1 is 0.341 bits per heavy atom. The summed E-state index contributed by atoms with van der Waals surface area (Å²) in [5.41, 5.74) is 0. The van der Waals surface area contributed by atoms with E-state index in [1.54, 1.807) is 0 Å². The molecule has 2 heterocycles. The second-order valence-corrected chi connectivity index (χ2v) is 39.7. The van der Waals surface area contributed by atoms with E-state index in [0.29, 0.717) is 38.5 Å². The number of esters is 4. The molecule has 0 spiro atoms. The number of carbonyl (C=O) groups excluding carboxylic acids is 6. The predicted molar refractivity (Wildman–Crippen MR) is 508 cm³/mol. The van der Waals surface area contributed by atoms with Gasteiger partial charge in [-0.2, -0.15) is 0 Å². The zero-order chi connectivity index (χ0) is 94.7. The van der Waals surface area contributed by atoms with E-state index in [2.05, 4.69) is 64.3 Å². The maximum absolute atomic E-state index is 15.2. The first-order valence-electron chi connectivity index (χ1n) is 52.4. The van der Waals surface area contributed by atoms with Crippen molar-refractivity contribution in [1.82, 2.24) is 10.6 Å². The van der Waals surface area contributed by atoms with Crippen LogP contribution in [-0.4, -0.2) is 175 Å². The van der Waals surface area contributed by atoms with Crippen LogP contribution in [0.4, 0.5) is 0 Å². The van der Waals surface area contributed by atoms with Crippen LogP contribution in [0.1, 0.15) is 491 Å². The summed E-state index contributed by atoms with van der Waals surface area (Å²) in [4.78, 5) is 129. The summed E-state index contributed by atoms with van der Waals surface area (Å²) < 4.78 is 80.4. The fraction of sp³-hybridized carbons (Fsp3) is 0.920. The molecule has 2 fully saturated rings. The summed E-state index contributed by atoms with van der Waals surface area (Å²) in [7, 11) is -11.4. The van der Waals surface area contributed by atoms with Gasteiger partial charge in [-0.25, -0.2) is 9.13 Å². The highest BCUT2D eigenvalue weighted by molar-refractivity contribution is 7.46. The Morgan fingerprint density at radius 3 is 1.02 bits per heavy atom. The fourth-order valence-electron chi connectivity index (χ4n) is 17.3. The molecule has 14 atom stereocenters. The highest BCUT2D eigenvalue weighted by Crippen LogP contribution is 2.44. The largest absolute Gasteiger partial charge is 0.472 e. The lowest BCUT2D eigenvalue weighted by atomic mass is 9.95. The molecule has 27 nitrogen and oxygen atoms in total. The maximum atomic E-state index is 15.2. The molecular weight excluding hydrogens is 1690 g/mol. The smallest absolute Gasteiger partial charge is 0.462 e. The van der Waals surface area contributed by atoms with Crippen LogP contribution < -0.4 is 10.6 Å². The van der Waals surface area contributed by atoms with Gasteiger partial charge in [-0.05, 0) is 77.0 Å². The lowest BCUT2D eigenvalue weighted by molar-refractivity contribution is -0.297. The summed E-state index contributed by atoms with van der Waals surface area (Å²) in [6.07, 6.45) is 43.1. The normalized spacial score (nSPS) is 20.0. The van der Waals surface area contributed by atoms with Crippen LogP contribution in [0.5, 0.6) is 0 Å². The van der Waals surface area contributed by atoms with E-state index in [4.69, 9.17) is 42.2 Å². The van der Waals surface area contributed by atoms with Gasteiger partial charge in [0.05, 0.1) is 51.1 Å². The van der Waals surface area contributed by atoms with Crippen molar-refractivity contribution < 1.29 is 120 Å². The lowest BCUT2D eigenvalue weighted by Gasteiger charge is -2.47. The van der Waals surface area contributed by atoms with E-state index in [1.807, 2.05) is 0 Å². The molecule has 0 aromatic heterocycles. The van der Waals surface area contributed by atoms with E-state index in [1.165, 1.54) is 89.9 Å². The number of carbonyl (C=O) groups is 6. The number of hydrogen-bond donors (Lipinski definition) is 10. The average molecular weight is 1880 g/mol. The van der Waals surface area contributed by atoms with Crippen molar-refractivity contribution in [2.75, 3.05) is 13.2 Å². The number of phosphoric acid groups is 2. The van der Waals surface area contributed by atoms with Gasteiger partial charge in [-0.15, -0.1) is 0 Å². The minimum absolute atomic E-state index is 0.0724. The molecule has 2 aliphatic heterocycles. The molecule has 0 aromatic rings. The molecule has 29 heteroatoms. The number of unbranched alkanes of at least 4 members (excludes halogenated alkanes) is 53. The Morgan fingerprint density at radius 2 is 0.643 bits per heavy atom. The van der Waals surface area contributed by atoms with Crippen molar-refractivity contribution in [2.24, 2.45) is 0 Å². The zero-order valence-electron chi connectivity index (χ0n) is 81.6. The number of aliphatic hydroxyl groups excluding tert-OH is 4. The molecule has 0 radical (unpaired) electrons. The quantitative estimate of drug-likeness (QED) is 0.00889. The van der Waals surface area contributed by atoms with Gasteiger partial charge in [-0.3, -0.25) is 37.8 Å². The third kappa shape index (κ3) is 66.6. The number of phosphoric ester groups is 2. The van der Waals surface area contributed by atoms with Gasteiger partial charge in [-0.1, -0.05) is 388 Å². The Hall–Kier alpha value is -3.50. The van der Waals surface area contributed by atoms with E-state index in [0.717, 1.165) is 257 Å². The first kappa shape index (κ1) is 122. The van der Waals surface area contributed by atoms with Crippen LogP contribution in [0.2, 0.25) is 0 Å². The Labute approximate surface area is 780 Å². The third-order valence-electron chi connectivity index (χ3n) is 25.0. The molecule has 2 rings (SSSR count). The van der Waals surface area contributed by atoms with Crippen LogP contribution in [0.3, 0.4) is 0 Å². The van der Waals surface area contributed by atoms with Crippen molar-refractivity contribution in [2.45, 2.75) is 577 Å². The van der Waals surface area contributed by atoms with E-state index < -0.39 is 176 Å². The molecule has 10 N–H and O–H groups in total. The monoisotopic (exact) mass is 1880 g/mol. The van der Waals surface area contributed by atoms with Gasteiger partial charge in [0.15, 0.2) is 24.8 Å². The number of amides is 2. The molecule has 2 saturated heterocycles. The fourth-order valence-corrected chi connectivity index (χ4v) is 18.4. The Bertz CT molecular complexity index is 2870. The molecule has 129 heavy (non-hydrogen) atoms. The molecule has 10 unspecified atom stereocenters. The zero-order valence-corrected chi connectivity index (χ0v) is 83.4. The topological polar surface area (TPSA) is 406 Å². The van der Waals surface area contributed by atoms with Gasteiger partial charge in [0.1, 0.15) is 48.7 Å². The van der Waals surface area contributed by atoms with Crippen LogP contribution in [0.25, 0.3) is 0 Å². The molecule has 2 amide bonds. The summed E-state index contributed by atoms with van der Waals surface area (Å²) in [6.45, 7) is 10.9. The highest BCUT2D eigenvalue weighted by Gasteiger charge is 2.55. The summed E-state index contributed by atoms with van der Waals surface area (Å²) in [5.74, 6) is -5.05. The molecule has 0 aromatic carbocycles. The number of aliphatic hydroxyl groups is 4. The van der Waals surface area contributed by atoms with E-state index >= 15 is 9.59 Å². The van der Waals surface area contributed by atoms with Gasteiger partial charge >= 0.3 is 39.5 Å². The molecule has 2 aliphatic rings. The van der Waals surface area contributed by atoms with Crippen LogP contribution in [0.15, 0.2) is 12.2 Å². The Balaban J connectivity index is 2.83. The summed E-state index contributed by atoms with van der Waals surface area (Å²) in [6, 6.07) is -3.87. The Kier molecular flexibility index (Phi) is 75.9. The molecular formula is C100H188N2O25P2. The van der Waals surface area contributed by atoms with Crippen molar-refractivity contribution in [1.29, 1.82) is 0 Å². The number of hydrogen-bond acceptors (Lipinski definition) is 21. The van der Waals surface area contributed by atoms with Crippen molar-refractivity contribution in [3.05, 3.63) is 12.2 Å². The van der Waals surface area contributed by atoms with Crippen molar-refractivity contribution >= 4 is 51.3 Å². The highest BCUT2D eigenvalue weighted by atomic mass is 31.2. The molecule has 758 valence electrons. The van der Waals surface area contributed by atoms with E-state index in [9.17, 15) is 68.3 Å². The SMILES string of the molecule is CCCCCC/C=C\CCCCCCCC(=O)OC(CCCCCCCCCCC)CC(=O)N[C@H]1C(OC(=O)CC(CCCCCCCCCCC)OC(=O)CCCCCCCCCCCCCCC)C(OP(=O)(O)O)C(CO)O[C@H]1OCC1OC(OP(=O)(O)O)[C@@H](NC(=O)CC(O)CCCCCCCCCCC)C(OC(=O)CC(O)CCCCCCCCCCC)[C@@H]1O. The second-order valence-electron chi connectivity index (χ2n) is 37.3. The van der Waals surface area contributed by atoms with Crippen LogP contribution >= 0.6 is 15.6 Å². The lowest BCUT2D eigenvalue weighted by Crippen LogP contribution is -2.68. The number of allylic oxidation sites excluding steroid dienone is 2. The second kappa shape index (κ2) is 80.6. The predicted octanol–water partition coefficient (Wildman–Crippen LogP) is 22.7. The molecule has 0 bridgehead atoms. The average Bonchev–Trinajstić information content (AvgIpc) is 0.789. The third-order valence-corrected chi connectivity index (χ3v) is 26.0. The minimum atomic E-state index is -5.70. The van der Waals surface area contributed by atoms with Crippen LogP contribution in [-0.2, 0) is 80.1 Å². The summed E-state index contributed by atoms with van der Waals surface area (Å²) in [5, 5.41) is 51.6. The first-order chi connectivity index (χ1) is 62.3.